The van der Waals surface area contributed by atoms with Crippen molar-refractivity contribution in [3.05, 3.63) is 89.3 Å². The second kappa shape index (κ2) is 9.88. The number of hydrogen-bond donors (Lipinski definition) is 3. The summed E-state index contributed by atoms with van der Waals surface area (Å²) in [6, 6.07) is 19.9. The molecule has 0 spiro atoms. The van der Waals surface area contributed by atoms with Crippen LogP contribution in [0.3, 0.4) is 0 Å². The molecular formula is C25H19ClN6O4. The van der Waals surface area contributed by atoms with E-state index in [1.807, 2.05) is 42.5 Å². The molecule has 3 aromatic carbocycles. The van der Waals surface area contributed by atoms with Gasteiger partial charge in [0, 0.05) is 21.7 Å². The van der Waals surface area contributed by atoms with E-state index in [2.05, 4.69) is 25.8 Å². The number of nitrogens with one attached hydrogen (secondary N) is 2. The number of carboxylic acid groups (broad SMARTS) is 1. The second-order valence-corrected chi connectivity index (χ2v) is 8.32. The Bertz CT molecular complexity index is 1570. The van der Waals surface area contributed by atoms with Crippen molar-refractivity contribution < 1.29 is 19.4 Å². The highest BCUT2D eigenvalue weighted by Gasteiger charge is 2.15. The number of anilines is 1. The molecule has 0 saturated heterocycles. The van der Waals surface area contributed by atoms with Gasteiger partial charge in [-0.1, -0.05) is 53.2 Å². The van der Waals surface area contributed by atoms with Crippen LogP contribution >= 0.6 is 11.6 Å². The second-order valence-electron chi connectivity index (χ2n) is 7.88. The highest BCUT2D eigenvalue weighted by atomic mass is 35.5. The van der Waals surface area contributed by atoms with Crippen LogP contribution in [0.5, 0.6) is 5.75 Å². The molecule has 2 aromatic heterocycles. The Labute approximate surface area is 209 Å². The molecule has 0 bridgehead atoms. The van der Waals surface area contributed by atoms with E-state index in [1.54, 1.807) is 24.4 Å². The van der Waals surface area contributed by atoms with Crippen molar-refractivity contribution in [3.63, 3.8) is 0 Å². The maximum absolute atomic E-state index is 12.6. The molecule has 5 rings (SSSR count). The fraction of sp³-hybridized carbons (Fsp3) is 0.0800. The zero-order chi connectivity index (χ0) is 25.1. The maximum Gasteiger partial charge on any atom is 0.353 e. The van der Waals surface area contributed by atoms with Crippen molar-refractivity contribution in [3.8, 4) is 17.0 Å². The summed E-state index contributed by atoms with van der Waals surface area (Å²) in [4.78, 5) is 23.8. The highest BCUT2D eigenvalue weighted by Crippen LogP contribution is 2.32. The molecule has 0 aliphatic carbocycles. The predicted octanol–water partition coefficient (Wildman–Crippen LogP) is 4.39. The number of carbonyl (C=O) groups is 2. The van der Waals surface area contributed by atoms with Gasteiger partial charge in [-0.15, -0.1) is 5.10 Å². The van der Waals surface area contributed by atoms with Crippen LogP contribution in [0.2, 0.25) is 5.02 Å². The van der Waals surface area contributed by atoms with Crippen molar-refractivity contribution in [1.82, 2.24) is 25.2 Å². The number of nitrogens with zero attached hydrogens (tertiary/aromatic N) is 4. The lowest BCUT2D eigenvalue weighted by Crippen LogP contribution is -2.19. The average molecular weight is 503 g/mol. The molecule has 0 radical (unpaired) electrons. The van der Waals surface area contributed by atoms with Crippen LogP contribution < -0.4 is 10.1 Å². The third kappa shape index (κ3) is 5.03. The summed E-state index contributed by atoms with van der Waals surface area (Å²) in [7, 11) is 0. The van der Waals surface area contributed by atoms with E-state index in [4.69, 9.17) is 21.4 Å². The van der Waals surface area contributed by atoms with Crippen molar-refractivity contribution in [2.75, 3.05) is 5.32 Å². The highest BCUT2D eigenvalue weighted by molar-refractivity contribution is 6.31. The van der Waals surface area contributed by atoms with E-state index in [0.29, 0.717) is 27.7 Å². The number of aromatic amines is 1. The molecule has 10 nitrogen and oxygen atoms in total. The lowest BCUT2D eigenvalue weighted by Gasteiger charge is -2.09. The van der Waals surface area contributed by atoms with Crippen molar-refractivity contribution in [2.24, 2.45) is 0 Å². The number of carbonyl (C=O) groups excluding carboxylic acids is 1. The molecule has 0 fully saturated rings. The molecule has 0 atom stereocenters. The first-order valence-corrected chi connectivity index (χ1v) is 11.2. The van der Waals surface area contributed by atoms with E-state index in [0.717, 1.165) is 16.5 Å². The van der Waals surface area contributed by atoms with Crippen LogP contribution in [-0.2, 0) is 17.9 Å². The third-order valence-electron chi connectivity index (χ3n) is 5.36. The van der Waals surface area contributed by atoms with Crippen LogP contribution in [0.25, 0.3) is 22.0 Å². The number of benzene rings is 3. The quantitative estimate of drug-likeness (QED) is 0.286. The fourth-order valence-corrected chi connectivity index (χ4v) is 3.87. The van der Waals surface area contributed by atoms with Crippen LogP contribution in [-0.4, -0.2) is 42.2 Å². The monoisotopic (exact) mass is 502 g/mol. The zero-order valence-corrected chi connectivity index (χ0v) is 19.4. The smallest absolute Gasteiger partial charge is 0.353 e. The molecule has 0 saturated carbocycles. The summed E-state index contributed by atoms with van der Waals surface area (Å²) in [5.41, 5.74) is 2.07. The number of fused-ring (bicyclic) bond motifs is 1. The number of aromatic nitrogens is 5. The number of hydrogen-bond acceptors (Lipinski definition) is 6. The minimum Gasteiger partial charge on any atom is -0.486 e. The van der Waals surface area contributed by atoms with E-state index < -0.39 is 5.97 Å². The molecular weight excluding hydrogens is 484 g/mol. The molecule has 0 aliphatic heterocycles. The van der Waals surface area contributed by atoms with Gasteiger partial charge in [0.2, 0.25) is 5.91 Å². The van der Waals surface area contributed by atoms with Gasteiger partial charge in [0.25, 0.3) is 0 Å². The fourth-order valence-electron chi connectivity index (χ4n) is 3.70. The first-order chi connectivity index (χ1) is 17.5. The molecule has 11 heteroatoms. The Morgan fingerprint density at radius 1 is 1.08 bits per heavy atom. The number of halogens is 1. The third-order valence-corrected chi connectivity index (χ3v) is 5.59. The standard InChI is InChI=1S/C25H19ClN6O4/c26-16-8-9-23(19(10-16)21-11-22(25(34)35)30-29-21)36-14-17-12-32(31-28-17)13-24(33)27-20-7-3-5-15-4-1-2-6-18(15)20/h1-12H,13-14H2,(H,27,33)(H,29,30)(H,34,35). The number of carboxylic acids is 1. The number of ether oxygens (including phenoxy) is 1. The van der Waals surface area contributed by atoms with Crippen LogP contribution in [0, 0.1) is 0 Å². The van der Waals surface area contributed by atoms with Crippen molar-refractivity contribution >= 4 is 39.9 Å². The Morgan fingerprint density at radius 3 is 2.75 bits per heavy atom. The van der Waals surface area contributed by atoms with Gasteiger partial charge in [0.05, 0.1) is 11.9 Å². The maximum atomic E-state index is 12.6. The van der Waals surface area contributed by atoms with Crippen LogP contribution in [0.15, 0.2) is 72.9 Å². The van der Waals surface area contributed by atoms with Crippen molar-refractivity contribution in [2.45, 2.75) is 13.2 Å². The van der Waals surface area contributed by atoms with E-state index in [1.165, 1.54) is 10.7 Å². The molecule has 0 unspecified atom stereocenters. The normalized spacial score (nSPS) is 10.9. The van der Waals surface area contributed by atoms with Crippen molar-refractivity contribution in [1.29, 1.82) is 0 Å². The van der Waals surface area contributed by atoms with E-state index >= 15 is 0 Å². The molecule has 3 N–H and O–H groups in total. The number of H-pyrrole nitrogens is 1. The Kier molecular flexibility index (Phi) is 6.33. The van der Waals surface area contributed by atoms with Gasteiger partial charge in [0.15, 0.2) is 0 Å². The molecule has 1 amide bonds. The lowest BCUT2D eigenvalue weighted by molar-refractivity contribution is -0.116. The minimum atomic E-state index is -1.13. The minimum absolute atomic E-state index is 0.0202. The first-order valence-electron chi connectivity index (χ1n) is 10.8. The SMILES string of the molecule is O=C(Cn1cc(COc2ccc(Cl)cc2-c2cc(C(=O)O)[nH]n2)nn1)Nc1cccc2ccccc12. The Morgan fingerprint density at radius 2 is 1.92 bits per heavy atom. The average Bonchev–Trinajstić information content (AvgIpc) is 3.53. The summed E-state index contributed by atoms with van der Waals surface area (Å²) in [5, 5.41) is 29.1. The van der Waals surface area contributed by atoms with E-state index in [-0.39, 0.29) is 24.8 Å². The largest absolute Gasteiger partial charge is 0.486 e. The summed E-state index contributed by atoms with van der Waals surface area (Å²) in [6.07, 6.45) is 1.62. The summed E-state index contributed by atoms with van der Waals surface area (Å²) in [5.74, 6) is -0.929. The number of rotatable bonds is 8. The Hall–Kier alpha value is -4.70. The molecule has 36 heavy (non-hydrogen) atoms. The van der Waals surface area contributed by atoms with E-state index in [9.17, 15) is 9.59 Å². The molecule has 180 valence electrons. The topological polar surface area (TPSA) is 135 Å². The summed E-state index contributed by atoms with van der Waals surface area (Å²) in [6.45, 7) is 0.0451. The number of aromatic carboxylic acids is 1. The van der Waals surface area contributed by atoms with Crippen LogP contribution in [0.1, 0.15) is 16.2 Å². The van der Waals surface area contributed by atoms with Gasteiger partial charge in [-0.2, -0.15) is 5.10 Å². The Balaban J connectivity index is 1.25. The lowest BCUT2D eigenvalue weighted by atomic mass is 10.1. The van der Waals surface area contributed by atoms with Crippen LogP contribution in [0.4, 0.5) is 5.69 Å². The first kappa shape index (κ1) is 23.1. The molecule has 5 aromatic rings. The van der Waals surface area contributed by atoms with Gasteiger partial charge in [0.1, 0.15) is 30.3 Å². The number of amides is 1. The molecule has 2 heterocycles. The van der Waals surface area contributed by atoms with Gasteiger partial charge in [-0.05, 0) is 35.7 Å². The van der Waals surface area contributed by atoms with Gasteiger partial charge in [-0.3, -0.25) is 9.89 Å². The van der Waals surface area contributed by atoms with Gasteiger partial charge < -0.3 is 15.2 Å². The molecule has 0 aliphatic rings. The van der Waals surface area contributed by atoms with Gasteiger partial charge >= 0.3 is 5.97 Å². The zero-order valence-electron chi connectivity index (χ0n) is 18.7. The summed E-state index contributed by atoms with van der Waals surface area (Å²) < 4.78 is 7.31. The predicted molar refractivity (Wildman–Crippen MR) is 133 cm³/mol. The van der Waals surface area contributed by atoms with Gasteiger partial charge in [-0.25, -0.2) is 9.48 Å². The summed E-state index contributed by atoms with van der Waals surface area (Å²) >= 11 is 6.12.